The summed E-state index contributed by atoms with van der Waals surface area (Å²) in [6, 6.07) is 7.89. The van der Waals surface area contributed by atoms with Crippen molar-refractivity contribution in [3.05, 3.63) is 34.9 Å². The number of benzene rings is 1. The maximum Gasteiger partial charge on any atom is 0.0233 e. The van der Waals surface area contributed by atoms with Crippen LogP contribution in [0.2, 0.25) is 0 Å². The fraction of sp³-hybridized carbons (Fsp3) is 0.600. The molecule has 1 saturated carbocycles. The molecule has 1 fully saturated rings. The van der Waals surface area contributed by atoms with Crippen molar-refractivity contribution in [1.82, 2.24) is 10.2 Å². The van der Waals surface area contributed by atoms with Gasteiger partial charge in [0.05, 0.1) is 0 Å². The molecule has 3 rings (SSSR count). The molecule has 0 amide bonds. The smallest absolute Gasteiger partial charge is 0.0233 e. The van der Waals surface area contributed by atoms with E-state index in [4.69, 9.17) is 0 Å². The number of fused-ring (bicyclic) bond motifs is 1. The molecule has 1 aromatic carbocycles. The van der Waals surface area contributed by atoms with E-state index in [9.17, 15) is 0 Å². The minimum absolute atomic E-state index is 0.837. The summed E-state index contributed by atoms with van der Waals surface area (Å²) in [6.07, 6.45) is 5.39. The van der Waals surface area contributed by atoms with E-state index in [2.05, 4.69) is 35.5 Å². The quantitative estimate of drug-likeness (QED) is 0.857. The third-order valence-electron chi connectivity index (χ3n) is 4.29. The molecule has 2 heteroatoms. The predicted molar refractivity (Wildman–Crippen MR) is 71.0 cm³/mol. The van der Waals surface area contributed by atoms with Crippen LogP contribution in [-0.2, 0) is 19.5 Å². The first kappa shape index (κ1) is 11.2. The van der Waals surface area contributed by atoms with E-state index in [-0.39, 0.29) is 0 Å². The molecular formula is C15H22N2. The Balaban J connectivity index is 1.70. The van der Waals surface area contributed by atoms with Crippen LogP contribution in [0.25, 0.3) is 0 Å². The number of rotatable bonds is 3. The first-order valence-corrected chi connectivity index (χ1v) is 6.84. The fourth-order valence-electron chi connectivity index (χ4n) is 2.88. The molecule has 1 N–H and O–H groups in total. The van der Waals surface area contributed by atoms with Gasteiger partial charge in [-0.2, -0.15) is 0 Å². The lowest BCUT2D eigenvalue weighted by Gasteiger charge is -2.35. The second-order valence-corrected chi connectivity index (χ2v) is 5.53. The van der Waals surface area contributed by atoms with Gasteiger partial charge in [-0.25, -0.2) is 0 Å². The maximum absolute atomic E-state index is 3.45. The Hall–Kier alpha value is -0.860. The van der Waals surface area contributed by atoms with E-state index in [1.54, 1.807) is 5.56 Å². The summed E-state index contributed by atoms with van der Waals surface area (Å²) in [4.78, 5) is 2.52. The summed E-state index contributed by atoms with van der Waals surface area (Å²) in [5, 5.41) is 3.45. The van der Waals surface area contributed by atoms with Crippen LogP contribution in [0.4, 0.5) is 0 Å². The van der Waals surface area contributed by atoms with Gasteiger partial charge in [0.2, 0.25) is 0 Å². The second kappa shape index (κ2) is 4.79. The molecule has 0 spiro atoms. The summed E-state index contributed by atoms with van der Waals surface area (Å²) in [7, 11) is 2.27. The second-order valence-electron chi connectivity index (χ2n) is 5.53. The zero-order valence-corrected chi connectivity index (χ0v) is 10.7. The zero-order valence-electron chi connectivity index (χ0n) is 10.7. The van der Waals surface area contributed by atoms with Gasteiger partial charge in [-0.3, -0.25) is 4.90 Å². The third kappa shape index (κ3) is 2.38. The molecule has 92 valence electrons. The summed E-state index contributed by atoms with van der Waals surface area (Å²) >= 11 is 0. The molecule has 2 nitrogen and oxygen atoms in total. The zero-order chi connectivity index (χ0) is 11.7. The average Bonchev–Trinajstić information content (AvgIpc) is 2.26. The summed E-state index contributed by atoms with van der Waals surface area (Å²) in [5.74, 6) is 0. The van der Waals surface area contributed by atoms with Crippen LogP contribution in [0, 0.1) is 0 Å². The highest BCUT2D eigenvalue weighted by Gasteiger charge is 2.22. The fourth-order valence-corrected chi connectivity index (χ4v) is 2.88. The van der Waals surface area contributed by atoms with Crippen molar-refractivity contribution in [2.24, 2.45) is 0 Å². The van der Waals surface area contributed by atoms with Crippen molar-refractivity contribution < 1.29 is 0 Å². The van der Waals surface area contributed by atoms with Crippen molar-refractivity contribution in [1.29, 1.82) is 0 Å². The van der Waals surface area contributed by atoms with Gasteiger partial charge in [0.1, 0.15) is 0 Å². The first-order valence-electron chi connectivity index (χ1n) is 6.84. The van der Waals surface area contributed by atoms with Crippen molar-refractivity contribution >= 4 is 0 Å². The van der Waals surface area contributed by atoms with Gasteiger partial charge in [0.15, 0.2) is 0 Å². The van der Waals surface area contributed by atoms with E-state index in [1.165, 1.54) is 36.8 Å². The lowest BCUT2D eigenvalue weighted by atomic mass is 9.91. The van der Waals surface area contributed by atoms with Crippen molar-refractivity contribution in [3.63, 3.8) is 0 Å². The number of hydrogen-bond acceptors (Lipinski definition) is 2. The van der Waals surface area contributed by atoms with Gasteiger partial charge in [-0.1, -0.05) is 24.6 Å². The van der Waals surface area contributed by atoms with Gasteiger partial charge >= 0.3 is 0 Å². The van der Waals surface area contributed by atoms with E-state index in [0.717, 1.165) is 25.7 Å². The highest BCUT2D eigenvalue weighted by molar-refractivity contribution is 5.33. The molecule has 0 aromatic heterocycles. The molecular weight excluding hydrogens is 208 g/mol. The van der Waals surface area contributed by atoms with Crippen molar-refractivity contribution in [3.8, 4) is 0 Å². The number of nitrogens with one attached hydrogen (secondary N) is 1. The van der Waals surface area contributed by atoms with Gasteiger partial charge in [-0.15, -0.1) is 0 Å². The highest BCUT2D eigenvalue weighted by Crippen LogP contribution is 2.25. The van der Waals surface area contributed by atoms with Gasteiger partial charge < -0.3 is 5.32 Å². The van der Waals surface area contributed by atoms with Gasteiger partial charge in [-0.05, 0) is 49.5 Å². The molecule has 1 aliphatic heterocycles. The summed E-state index contributed by atoms with van der Waals surface area (Å²) < 4.78 is 0. The SMILES string of the molecule is CN(Cc1ccc2c(c1)CNCC2)C1CCC1. The van der Waals surface area contributed by atoms with Crippen LogP contribution in [0.15, 0.2) is 18.2 Å². The van der Waals surface area contributed by atoms with Crippen molar-refractivity contribution in [2.75, 3.05) is 13.6 Å². The molecule has 0 bridgehead atoms. The predicted octanol–water partition coefficient (Wildman–Crippen LogP) is 2.32. The Kier molecular flexibility index (Phi) is 3.17. The van der Waals surface area contributed by atoms with E-state index in [1.807, 2.05) is 0 Å². The van der Waals surface area contributed by atoms with E-state index in [0.29, 0.717) is 0 Å². The Morgan fingerprint density at radius 2 is 2.18 bits per heavy atom. The van der Waals surface area contributed by atoms with Crippen LogP contribution in [-0.4, -0.2) is 24.5 Å². The molecule has 0 unspecified atom stereocenters. The normalized spacial score (nSPS) is 20.1. The topological polar surface area (TPSA) is 15.3 Å². The van der Waals surface area contributed by atoms with Crippen LogP contribution >= 0.6 is 0 Å². The Morgan fingerprint density at radius 3 is 2.94 bits per heavy atom. The summed E-state index contributed by atoms with van der Waals surface area (Å²) in [5.41, 5.74) is 4.52. The first-order chi connectivity index (χ1) is 8.33. The summed E-state index contributed by atoms with van der Waals surface area (Å²) in [6.45, 7) is 3.29. The Bertz CT molecular complexity index is 396. The lowest BCUT2D eigenvalue weighted by molar-refractivity contribution is 0.152. The van der Waals surface area contributed by atoms with Gasteiger partial charge in [0, 0.05) is 19.1 Å². The molecule has 0 radical (unpaired) electrons. The largest absolute Gasteiger partial charge is 0.312 e. The van der Waals surface area contributed by atoms with E-state index < -0.39 is 0 Å². The van der Waals surface area contributed by atoms with Crippen LogP contribution in [0.3, 0.4) is 0 Å². The lowest BCUT2D eigenvalue weighted by Crippen LogP contribution is -2.36. The van der Waals surface area contributed by atoms with Crippen LogP contribution in [0.5, 0.6) is 0 Å². The monoisotopic (exact) mass is 230 g/mol. The maximum atomic E-state index is 3.45. The third-order valence-corrected chi connectivity index (χ3v) is 4.29. The molecule has 1 aliphatic carbocycles. The molecule has 1 aromatic rings. The highest BCUT2D eigenvalue weighted by atomic mass is 15.1. The standard InChI is InChI=1S/C15H22N2/c1-17(15-3-2-4-15)11-12-5-6-13-7-8-16-10-14(13)9-12/h5-6,9,15-16H,2-4,7-8,10-11H2,1H3. The molecule has 2 aliphatic rings. The average molecular weight is 230 g/mol. The van der Waals surface area contributed by atoms with Gasteiger partial charge in [0.25, 0.3) is 0 Å². The van der Waals surface area contributed by atoms with Crippen molar-refractivity contribution in [2.45, 2.75) is 44.8 Å². The Morgan fingerprint density at radius 1 is 1.29 bits per heavy atom. The van der Waals surface area contributed by atoms with E-state index >= 15 is 0 Å². The molecule has 0 saturated heterocycles. The minimum Gasteiger partial charge on any atom is -0.312 e. The molecule has 0 atom stereocenters. The number of hydrogen-bond donors (Lipinski definition) is 1. The van der Waals surface area contributed by atoms with Crippen LogP contribution < -0.4 is 5.32 Å². The molecule has 1 heterocycles. The molecule has 17 heavy (non-hydrogen) atoms. The van der Waals surface area contributed by atoms with Crippen LogP contribution in [0.1, 0.15) is 36.0 Å². The number of nitrogens with zero attached hydrogens (tertiary/aromatic N) is 1. The Labute approximate surface area is 104 Å². The minimum atomic E-state index is 0.837.